The van der Waals surface area contributed by atoms with Crippen LogP contribution in [-0.2, 0) is 4.79 Å². The zero-order valence-corrected chi connectivity index (χ0v) is 11.7. The molecule has 0 aliphatic heterocycles. The number of carbonyl (C=O) groups is 2. The summed E-state index contributed by atoms with van der Waals surface area (Å²) in [5.41, 5.74) is 0.457. The predicted octanol–water partition coefficient (Wildman–Crippen LogP) is 1.42. The van der Waals surface area contributed by atoms with Crippen molar-refractivity contribution in [2.24, 2.45) is 0 Å². The Balaban J connectivity index is 2.04. The molecule has 1 aromatic heterocycles. The van der Waals surface area contributed by atoms with Crippen LogP contribution in [0.4, 0.5) is 5.69 Å². The highest BCUT2D eigenvalue weighted by molar-refractivity contribution is 9.10. The van der Waals surface area contributed by atoms with E-state index in [4.69, 9.17) is 9.15 Å². The first-order valence-corrected chi connectivity index (χ1v) is 6.33. The second-order valence-electron chi connectivity index (χ2n) is 3.75. The van der Waals surface area contributed by atoms with Gasteiger partial charge >= 0.3 is 0 Å². The minimum atomic E-state index is -1.32. The van der Waals surface area contributed by atoms with Crippen molar-refractivity contribution in [2.75, 3.05) is 11.9 Å². The highest BCUT2D eigenvalue weighted by atomic mass is 79.9. The lowest BCUT2D eigenvalue weighted by molar-refractivity contribution is -0.307. The summed E-state index contributed by atoms with van der Waals surface area (Å²) in [6, 6.07) is 9.46. The van der Waals surface area contributed by atoms with Crippen molar-refractivity contribution < 1.29 is 23.8 Å². The van der Waals surface area contributed by atoms with Gasteiger partial charge in [0.25, 0.3) is 5.91 Å². The maximum absolute atomic E-state index is 11.8. The van der Waals surface area contributed by atoms with Gasteiger partial charge in [-0.1, -0.05) is 6.07 Å². The van der Waals surface area contributed by atoms with Crippen LogP contribution in [0.5, 0.6) is 5.75 Å². The Kier molecular flexibility index (Phi) is 4.41. The van der Waals surface area contributed by atoms with Gasteiger partial charge in [-0.2, -0.15) is 0 Å². The van der Waals surface area contributed by atoms with Crippen molar-refractivity contribution in [1.29, 1.82) is 0 Å². The molecule has 0 aliphatic rings. The molecular formula is C13H9BrNO5-. The molecular weight excluding hydrogens is 330 g/mol. The number of carboxylic acid groups (broad SMARTS) is 1. The number of hydrogen-bond donors (Lipinski definition) is 1. The van der Waals surface area contributed by atoms with Crippen molar-refractivity contribution in [3.63, 3.8) is 0 Å². The number of carbonyl (C=O) groups excluding carboxylic acids is 2. The van der Waals surface area contributed by atoms with Crippen LogP contribution >= 0.6 is 15.9 Å². The number of carboxylic acids is 1. The highest BCUT2D eigenvalue weighted by Gasteiger charge is 2.10. The summed E-state index contributed by atoms with van der Waals surface area (Å²) in [6.07, 6.45) is 0. The van der Waals surface area contributed by atoms with Crippen LogP contribution in [0.1, 0.15) is 10.6 Å². The number of aliphatic carboxylic acids is 1. The van der Waals surface area contributed by atoms with E-state index >= 15 is 0 Å². The van der Waals surface area contributed by atoms with Crippen LogP contribution in [0.2, 0.25) is 0 Å². The van der Waals surface area contributed by atoms with Gasteiger partial charge in [-0.25, -0.2) is 0 Å². The third-order valence-electron chi connectivity index (χ3n) is 2.25. The molecule has 1 heterocycles. The Bertz CT molecular complexity index is 637. The fraction of sp³-hybridized carbons (Fsp3) is 0.0769. The van der Waals surface area contributed by atoms with Crippen LogP contribution in [0.3, 0.4) is 0 Å². The topological polar surface area (TPSA) is 91.6 Å². The van der Waals surface area contributed by atoms with Gasteiger partial charge in [0.15, 0.2) is 10.4 Å². The molecule has 20 heavy (non-hydrogen) atoms. The second kappa shape index (κ2) is 6.25. The number of hydrogen-bond acceptors (Lipinski definition) is 5. The fourth-order valence-electron chi connectivity index (χ4n) is 1.43. The van der Waals surface area contributed by atoms with E-state index in [1.165, 1.54) is 12.1 Å². The average Bonchev–Trinajstić information content (AvgIpc) is 2.84. The maximum Gasteiger partial charge on any atom is 0.291 e. The van der Waals surface area contributed by atoms with Crippen molar-refractivity contribution in [2.45, 2.75) is 0 Å². The van der Waals surface area contributed by atoms with E-state index in [9.17, 15) is 14.7 Å². The number of benzene rings is 1. The van der Waals surface area contributed by atoms with E-state index in [2.05, 4.69) is 21.2 Å². The molecule has 0 saturated heterocycles. The molecule has 1 amide bonds. The van der Waals surface area contributed by atoms with Crippen molar-refractivity contribution in [3.8, 4) is 5.75 Å². The molecule has 1 N–H and O–H groups in total. The fourth-order valence-corrected chi connectivity index (χ4v) is 1.74. The largest absolute Gasteiger partial charge is 0.546 e. The molecule has 0 bridgehead atoms. The lowest BCUT2D eigenvalue weighted by Crippen LogP contribution is -2.28. The minimum absolute atomic E-state index is 0.151. The predicted molar refractivity (Wildman–Crippen MR) is 71.3 cm³/mol. The lowest BCUT2D eigenvalue weighted by atomic mass is 10.3. The molecule has 7 heteroatoms. The van der Waals surface area contributed by atoms with E-state index < -0.39 is 18.5 Å². The highest BCUT2D eigenvalue weighted by Crippen LogP contribution is 2.19. The summed E-state index contributed by atoms with van der Waals surface area (Å²) in [6.45, 7) is -0.553. The Morgan fingerprint density at radius 1 is 1.30 bits per heavy atom. The molecule has 0 atom stereocenters. The molecule has 0 unspecified atom stereocenters. The summed E-state index contributed by atoms with van der Waals surface area (Å²) >= 11 is 3.10. The van der Waals surface area contributed by atoms with E-state index in [1.807, 2.05) is 0 Å². The zero-order valence-electron chi connectivity index (χ0n) is 10.1. The molecule has 0 fully saturated rings. The first-order chi connectivity index (χ1) is 9.54. The lowest BCUT2D eigenvalue weighted by Gasteiger charge is -2.08. The molecule has 1 aromatic carbocycles. The van der Waals surface area contributed by atoms with Crippen LogP contribution in [0.25, 0.3) is 0 Å². The smallest absolute Gasteiger partial charge is 0.291 e. The third kappa shape index (κ3) is 3.86. The first kappa shape index (κ1) is 14.1. The van der Waals surface area contributed by atoms with Gasteiger partial charge in [0.05, 0.1) is 5.97 Å². The summed E-state index contributed by atoms with van der Waals surface area (Å²) in [4.78, 5) is 22.1. The number of furan rings is 1. The number of rotatable bonds is 5. The summed E-state index contributed by atoms with van der Waals surface area (Å²) in [5.74, 6) is -1.28. The number of anilines is 1. The summed E-state index contributed by atoms with van der Waals surface area (Å²) < 4.78 is 10.5. The third-order valence-corrected chi connectivity index (χ3v) is 2.67. The molecule has 0 radical (unpaired) electrons. The summed E-state index contributed by atoms with van der Waals surface area (Å²) in [5, 5.41) is 12.9. The van der Waals surface area contributed by atoms with Crippen LogP contribution in [0, 0.1) is 0 Å². The number of amides is 1. The minimum Gasteiger partial charge on any atom is -0.546 e. The van der Waals surface area contributed by atoms with E-state index in [0.717, 1.165) is 0 Å². The zero-order chi connectivity index (χ0) is 14.5. The average molecular weight is 339 g/mol. The van der Waals surface area contributed by atoms with E-state index in [0.29, 0.717) is 16.1 Å². The maximum atomic E-state index is 11.8. The standard InChI is InChI=1S/C13H10BrNO5/c14-11-5-4-10(20-11)13(18)15-8-2-1-3-9(6-8)19-7-12(16)17/h1-6H,7H2,(H,15,18)(H,16,17)/p-1. The van der Waals surface area contributed by atoms with Crippen molar-refractivity contribution >= 4 is 33.5 Å². The quantitative estimate of drug-likeness (QED) is 0.890. The molecule has 2 rings (SSSR count). The van der Waals surface area contributed by atoms with Crippen LogP contribution in [0.15, 0.2) is 45.5 Å². The number of nitrogens with one attached hydrogen (secondary N) is 1. The van der Waals surface area contributed by atoms with Crippen LogP contribution in [-0.4, -0.2) is 18.5 Å². The normalized spacial score (nSPS) is 10.1. The van der Waals surface area contributed by atoms with Gasteiger partial charge in [-0.15, -0.1) is 0 Å². The van der Waals surface area contributed by atoms with Crippen molar-refractivity contribution in [3.05, 3.63) is 46.8 Å². The second-order valence-corrected chi connectivity index (χ2v) is 4.53. The number of ether oxygens (including phenoxy) is 1. The van der Waals surface area contributed by atoms with Gasteiger partial charge in [0, 0.05) is 11.8 Å². The number of halogens is 1. The Morgan fingerprint density at radius 3 is 2.75 bits per heavy atom. The molecule has 0 spiro atoms. The van der Waals surface area contributed by atoms with Gasteiger partial charge in [0.2, 0.25) is 0 Å². The molecule has 6 nitrogen and oxygen atoms in total. The molecule has 2 aromatic rings. The van der Waals surface area contributed by atoms with Gasteiger partial charge in [-0.05, 0) is 40.2 Å². The van der Waals surface area contributed by atoms with E-state index in [1.54, 1.807) is 24.3 Å². The van der Waals surface area contributed by atoms with Gasteiger partial charge in [-0.3, -0.25) is 4.79 Å². The van der Waals surface area contributed by atoms with E-state index in [-0.39, 0.29) is 5.76 Å². The first-order valence-electron chi connectivity index (χ1n) is 5.54. The van der Waals surface area contributed by atoms with Crippen LogP contribution < -0.4 is 15.2 Å². The van der Waals surface area contributed by atoms with Crippen molar-refractivity contribution in [1.82, 2.24) is 0 Å². The Labute approximate surface area is 122 Å². The van der Waals surface area contributed by atoms with Gasteiger partial charge < -0.3 is 24.4 Å². The monoisotopic (exact) mass is 338 g/mol. The van der Waals surface area contributed by atoms with Gasteiger partial charge in [0.1, 0.15) is 12.4 Å². The molecule has 104 valence electrons. The Hall–Kier alpha value is -2.28. The molecule has 0 saturated carbocycles. The molecule has 0 aliphatic carbocycles. The summed E-state index contributed by atoms with van der Waals surface area (Å²) in [7, 11) is 0. The SMILES string of the molecule is O=C([O-])COc1cccc(NC(=O)c2ccc(Br)o2)c1. The Morgan fingerprint density at radius 2 is 2.10 bits per heavy atom.